The molecule has 0 spiro atoms. The second-order valence-electron chi connectivity index (χ2n) is 4.75. The van der Waals surface area contributed by atoms with Crippen LogP contribution in [0.4, 0.5) is 17.3 Å². The number of para-hydroxylation sites is 1. The normalized spacial score (nSPS) is 14.7. The molecule has 0 saturated carbocycles. The molecule has 4 nitrogen and oxygen atoms in total. The van der Waals surface area contributed by atoms with E-state index in [1.165, 1.54) is 24.1 Å². The molecule has 0 unspecified atom stereocenters. The molecule has 0 atom stereocenters. The molecule has 0 aliphatic carbocycles. The molecule has 1 N–H and O–H groups in total. The summed E-state index contributed by atoms with van der Waals surface area (Å²) >= 11 is 0. The third-order valence-electron chi connectivity index (χ3n) is 3.51. The average Bonchev–Trinajstić information content (AvgIpc) is 2.69. The Labute approximate surface area is 113 Å². The SMILES string of the molecule is CNc1cncc(N2CCCCc3ccccc32)n1. The zero-order valence-electron chi connectivity index (χ0n) is 11.1. The van der Waals surface area contributed by atoms with Crippen LogP contribution in [0, 0.1) is 0 Å². The first-order chi connectivity index (χ1) is 9.38. The van der Waals surface area contributed by atoms with Gasteiger partial charge in [-0.2, -0.15) is 0 Å². The van der Waals surface area contributed by atoms with E-state index in [9.17, 15) is 0 Å². The Bertz CT molecular complexity index is 568. The predicted molar refractivity (Wildman–Crippen MR) is 78.0 cm³/mol. The maximum atomic E-state index is 4.61. The molecular weight excluding hydrogens is 236 g/mol. The van der Waals surface area contributed by atoms with Crippen molar-refractivity contribution in [3.05, 3.63) is 42.2 Å². The summed E-state index contributed by atoms with van der Waals surface area (Å²) in [5.41, 5.74) is 2.67. The molecule has 0 amide bonds. The fourth-order valence-electron chi connectivity index (χ4n) is 2.54. The van der Waals surface area contributed by atoms with Gasteiger partial charge in [0.15, 0.2) is 5.82 Å². The maximum absolute atomic E-state index is 4.61. The van der Waals surface area contributed by atoms with Gasteiger partial charge in [0.1, 0.15) is 5.82 Å². The maximum Gasteiger partial charge on any atom is 0.153 e. The van der Waals surface area contributed by atoms with Crippen molar-refractivity contribution >= 4 is 17.3 Å². The highest BCUT2D eigenvalue weighted by molar-refractivity contribution is 5.64. The second-order valence-corrected chi connectivity index (χ2v) is 4.75. The molecule has 2 heterocycles. The zero-order chi connectivity index (χ0) is 13.1. The average molecular weight is 254 g/mol. The third kappa shape index (κ3) is 2.38. The lowest BCUT2D eigenvalue weighted by atomic mass is 10.1. The van der Waals surface area contributed by atoms with Gasteiger partial charge in [0.05, 0.1) is 12.4 Å². The second kappa shape index (κ2) is 5.26. The van der Waals surface area contributed by atoms with Crippen molar-refractivity contribution in [1.29, 1.82) is 0 Å². The lowest BCUT2D eigenvalue weighted by Crippen LogP contribution is -2.19. The number of hydrogen-bond donors (Lipinski definition) is 1. The minimum absolute atomic E-state index is 0.805. The summed E-state index contributed by atoms with van der Waals surface area (Å²) < 4.78 is 0. The molecule has 3 rings (SSSR count). The van der Waals surface area contributed by atoms with Crippen molar-refractivity contribution < 1.29 is 0 Å². The number of anilines is 3. The zero-order valence-corrected chi connectivity index (χ0v) is 11.1. The Hall–Kier alpha value is -2.10. The van der Waals surface area contributed by atoms with Gasteiger partial charge in [-0.25, -0.2) is 4.98 Å². The quantitative estimate of drug-likeness (QED) is 0.894. The molecule has 4 heteroatoms. The summed E-state index contributed by atoms with van der Waals surface area (Å²) in [5.74, 6) is 1.72. The van der Waals surface area contributed by atoms with Crippen LogP contribution in [0.1, 0.15) is 18.4 Å². The molecule has 0 bridgehead atoms. The molecule has 98 valence electrons. The van der Waals surface area contributed by atoms with Crippen molar-refractivity contribution in [2.75, 3.05) is 23.8 Å². The third-order valence-corrected chi connectivity index (χ3v) is 3.51. The number of fused-ring (bicyclic) bond motifs is 1. The first-order valence-corrected chi connectivity index (χ1v) is 6.74. The van der Waals surface area contributed by atoms with Crippen LogP contribution < -0.4 is 10.2 Å². The highest BCUT2D eigenvalue weighted by Crippen LogP contribution is 2.31. The Morgan fingerprint density at radius 3 is 2.95 bits per heavy atom. The van der Waals surface area contributed by atoms with E-state index < -0.39 is 0 Å². The van der Waals surface area contributed by atoms with E-state index in [1.807, 2.05) is 13.2 Å². The van der Waals surface area contributed by atoms with Crippen molar-refractivity contribution in [3.63, 3.8) is 0 Å². The van der Waals surface area contributed by atoms with Crippen molar-refractivity contribution in [3.8, 4) is 0 Å². The molecule has 0 saturated heterocycles. The molecule has 1 aromatic carbocycles. The van der Waals surface area contributed by atoms with Crippen molar-refractivity contribution in [1.82, 2.24) is 9.97 Å². The van der Waals surface area contributed by atoms with Crippen LogP contribution >= 0.6 is 0 Å². The lowest BCUT2D eigenvalue weighted by molar-refractivity contribution is 0.757. The van der Waals surface area contributed by atoms with E-state index in [4.69, 9.17) is 0 Å². The van der Waals surface area contributed by atoms with Gasteiger partial charge in [0.25, 0.3) is 0 Å². The van der Waals surface area contributed by atoms with Gasteiger partial charge in [-0.1, -0.05) is 18.2 Å². The number of benzene rings is 1. The van der Waals surface area contributed by atoms with Gasteiger partial charge in [-0.3, -0.25) is 4.98 Å². The summed E-state index contributed by atoms with van der Waals surface area (Å²) in [5, 5.41) is 3.05. The standard InChI is InChI=1S/C15H18N4/c1-16-14-10-17-11-15(18-14)19-9-5-4-7-12-6-2-3-8-13(12)19/h2-3,6,8,10-11H,4-5,7,9H2,1H3,(H,16,18). The molecule has 1 aromatic heterocycles. The molecular formula is C15H18N4. The van der Waals surface area contributed by atoms with E-state index in [0.29, 0.717) is 0 Å². The Kier molecular flexibility index (Phi) is 3.31. The predicted octanol–water partition coefficient (Wildman–Crippen LogP) is 2.99. The molecule has 19 heavy (non-hydrogen) atoms. The van der Waals surface area contributed by atoms with Crippen LogP contribution in [0.15, 0.2) is 36.7 Å². The lowest BCUT2D eigenvalue weighted by Gasteiger charge is -2.23. The summed E-state index contributed by atoms with van der Waals surface area (Å²) in [7, 11) is 1.87. The number of rotatable bonds is 2. The number of aryl methyl sites for hydroxylation is 1. The summed E-state index contributed by atoms with van der Waals surface area (Å²) in [6.45, 7) is 0.999. The van der Waals surface area contributed by atoms with Crippen LogP contribution in [0.2, 0.25) is 0 Å². The summed E-state index contributed by atoms with van der Waals surface area (Å²) in [6.07, 6.45) is 7.13. The van der Waals surface area contributed by atoms with E-state index >= 15 is 0 Å². The van der Waals surface area contributed by atoms with Gasteiger partial charge in [0.2, 0.25) is 0 Å². The van der Waals surface area contributed by atoms with Crippen LogP contribution in [-0.4, -0.2) is 23.6 Å². The number of hydrogen-bond acceptors (Lipinski definition) is 4. The van der Waals surface area contributed by atoms with Crippen LogP contribution in [0.25, 0.3) is 0 Å². The van der Waals surface area contributed by atoms with Gasteiger partial charge in [-0.15, -0.1) is 0 Å². The molecule has 1 aliphatic rings. The summed E-state index contributed by atoms with van der Waals surface area (Å²) in [4.78, 5) is 11.1. The largest absolute Gasteiger partial charge is 0.372 e. The topological polar surface area (TPSA) is 41.1 Å². The van der Waals surface area contributed by atoms with Crippen LogP contribution in [0.3, 0.4) is 0 Å². The minimum Gasteiger partial charge on any atom is -0.372 e. The van der Waals surface area contributed by atoms with E-state index in [2.05, 4.69) is 44.5 Å². The van der Waals surface area contributed by atoms with E-state index in [-0.39, 0.29) is 0 Å². The molecule has 1 aliphatic heterocycles. The number of nitrogens with one attached hydrogen (secondary N) is 1. The molecule has 0 fully saturated rings. The molecule has 0 radical (unpaired) electrons. The fourth-order valence-corrected chi connectivity index (χ4v) is 2.54. The van der Waals surface area contributed by atoms with Crippen LogP contribution in [0.5, 0.6) is 0 Å². The minimum atomic E-state index is 0.805. The molecule has 2 aromatic rings. The van der Waals surface area contributed by atoms with Crippen molar-refractivity contribution in [2.24, 2.45) is 0 Å². The first kappa shape index (κ1) is 12.0. The van der Waals surface area contributed by atoms with Gasteiger partial charge in [0, 0.05) is 19.3 Å². The Morgan fingerprint density at radius 2 is 2.05 bits per heavy atom. The Morgan fingerprint density at radius 1 is 1.16 bits per heavy atom. The van der Waals surface area contributed by atoms with Crippen LogP contribution in [-0.2, 0) is 6.42 Å². The Balaban J connectivity index is 2.03. The highest BCUT2D eigenvalue weighted by atomic mass is 15.2. The summed E-state index contributed by atoms with van der Waals surface area (Å²) in [6, 6.07) is 8.59. The highest BCUT2D eigenvalue weighted by Gasteiger charge is 2.17. The number of nitrogens with zero attached hydrogens (tertiary/aromatic N) is 3. The van der Waals surface area contributed by atoms with Gasteiger partial charge >= 0.3 is 0 Å². The first-order valence-electron chi connectivity index (χ1n) is 6.74. The smallest absolute Gasteiger partial charge is 0.153 e. The number of aromatic nitrogens is 2. The van der Waals surface area contributed by atoms with E-state index in [1.54, 1.807) is 6.20 Å². The fraction of sp³-hybridized carbons (Fsp3) is 0.333. The monoisotopic (exact) mass is 254 g/mol. The van der Waals surface area contributed by atoms with Gasteiger partial charge < -0.3 is 10.2 Å². The van der Waals surface area contributed by atoms with E-state index in [0.717, 1.165) is 24.6 Å². The van der Waals surface area contributed by atoms with Gasteiger partial charge in [-0.05, 0) is 30.9 Å². The van der Waals surface area contributed by atoms with Crippen molar-refractivity contribution in [2.45, 2.75) is 19.3 Å².